The van der Waals surface area contributed by atoms with Crippen molar-refractivity contribution in [3.8, 4) is 0 Å². The first kappa shape index (κ1) is 17.9. The molecule has 0 bridgehead atoms. The third kappa shape index (κ3) is 4.00. The Morgan fingerprint density at radius 2 is 1.64 bits per heavy atom. The fraction of sp³-hybridized carbons (Fsp3) is 0.105. The van der Waals surface area contributed by atoms with Gasteiger partial charge in [0.1, 0.15) is 0 Å². The van der Waals surface area contributed by atoms with E-state index in [0.717, 1.165) is 0 Å². The number of rotatable bonds is 6. The number of halogens is 1. The lowest BCUT2D eigenvalue weighted by molar-refractivity contribution is 0.0984. The molecule has 25 heavy (non-hydrogen) atoms. The van der Waals surface area contributed by atoms with Crippen LogP contribution in [0.25, 0.3) is 0 Å². The molecule has 0 aliphatic rings. The van der Waals surface area contributed by atoms with Gasteiger partial charge in [-0.1, -0.05) is 48.0 Å². The highest BCUT2D eigenvalue weighted by molar-refractivity contribution is 7.91. The van der Waals surface area contributed by atoms with Gasteiger partial charge in [0.2, 0.25) is 0 Å². The number of sulfone groups is 1. The van der Waals surface area contributed by atoms with Crippen LogP contribution in [0.1, 0.15) is 26.9 Å². The van der Waals surface area contributed by atoms with Crippen LogP contribution in [0.5, 0.6) is 0 Å². The van der Waals surface area contributed by atoms with Crippen molar-refractivity contribution in [2.24, 2.45) is 0 Å². The second-order valence-corrected chi connectivity index (χ2v) is 9.02. The second kappa shape index (κ2) is 7.52. The van der Waals surface area contributed by atoms with Crippen molar-refractivity contribution >= 4 is 38.6 Å². The molecule has 3 nitrogen and oxygen atoms in total. The summed E-state index contributed by atoms with van der Waals surface area (Å²) >= 11 is 7.23. The Labute approximate surface area is 155 Å². The minimum absolute atomic E-state index is 0.112. The second-order valence-electron chi connectivity index (χ2n) is 5.50. The van der Waals surface area contributed by atoms with Crippen LogP contribution in [0.15, 0.2) is 77.0 Å². The van der Waals surface area contributed by atoms with Gasteiger partial charge in [0.25, 0.3) is 0 Å². The molecule has 0 N–H and O–H groups in total. The maximum absolute atomic E-state index is 13.1. The zero-order chi connectivity index (χ0) is 17.9. The number of carbonyl (C=O) groups excluding carboxylic acids is 1. The molecule has 0 aliphatic carbocycles. The molecule has 0 unspecified atom stereocenters. The molecule has 0 saturated carbocycles. The summed E-state index contributed by atoms with van der Waals surface area (Å²) in [5.41, 5.74) is 0.554. The van der Waals surface area contributed by atoms with Gasteiger partial charge in [0.05, 0.1) is 15.0 Å². The summed E-state index contributed by atoms with van der Waals surface area (Å²) in [7, 11) is -3.71. The molecule has 1 atom stereocenters. The molecule has 6 heteroatoms. The molecule has 0 amide bonds. The Balaban J connectivity index is 2.03. The van der Waals surface area contributed by atoms with E-state index in [9.17, 15) is 13.2 Å². The van der Waals surface area contributed by atoms with Gasteiger partial charge in [0.15, 0.2) is 15.6 Å². The number of hydrogen-bond acceptors (Lipinski definition) is 4. The summed E-state index contributed by atoms with van der Waals surface area (Å²) in [5.74, 6) is -0.186. The topological polar surface area (TPSA) is 51.2 Å². The summed E-state index contributed by atoms with van der Waals surface area (Å²) in [5, 5.41) is 1.36. The molecule has 0 fully saturated rings. The summed E-state index contributed by atoms with van der Waals surface area (Å²) in [6.45, 7) is 0. The smallest absolute Gasteiger partial charge is 0.185 e. The van der Waals surface area contributed by atoms with Crippen LogP contribution in [0.2, 0.25) is 5.02 Å². The molecule has 0 spiro atoms. The highest BCUT2D eigenvalue weighted by Crippen LogP contribution is 2.34. The highest BCUT2D eigenvalue weighted by Gasteiger charge is 2.31. The van der Waals surface area contributed by atoms with E-state index in [1.54, 1.807) is 72.1 Å². The molecule has 3 rings (SSSR count). The minimum atomic E-state index is -3.71. The molecule has 0 saturated heterocycles. The van der Waals surface area contributed by atoms with Crippen molar-refractivity contribution in [1.82, 2.24) is 0 Å². The number of ketones is 1. The number of hydrogen-bond donors (Lipinski definition) is 0. The van der Waals surface area contributed by atoms with Crippen LogP contribution >= 0.6 is 22.9 Å². The SMILES string of the molecule is O=C(C[C@@H](c1ccc(Cl)cc1)S(=O)(=O)c1ccccc1)c1cccs1. The highest BCUT2D eigenvalue weighted by atomic mass is 35.5. The van der Waals surface area contributed by atoms with E-state index in [-0.39, 0.29) is 17.1 Å². The van der Waals surface area contributed by atoms with Crippen LogP contribution in [-0.4, -0.2) is 14.2 Å². The van der Waals surface area contributed by atoms with Gasteiger partial charge in [-0.25, -0.2) is 8.42 Å². The van der Waals surface area contributed by atoms with E-state index in [4.69, 9.17) is 11.6 Å². The van der Waals surface area contributed by atoms with Crippen LogP contribution in [0.4, 0.5) is 0 Å². The predicted octanol–water partition coefficient (Wildman–Crippen LogP) is 5.19. The predicted molar refractivity (Wildman–Crippen MR) is 101 cm³/mol. The molecule has 0 radical (unpaired) electrons. The standard InChI is InChI=1S/C19H15ClO3S2/c20-15-10-8-14(9-11-15)19(13-17(21)18-7-4-12-24-18)25(22,23)16-5-2-1-3-6-16/h1-12,19H,13H2/t19-/m0/s1. The lowest BCUT2D eigenvalue weighted by Crippen LogP contribution is -2.17. The zero-order valence-corrected chi connectivity index (χ0v) is 15.5. The van der Waals surface area contributed by atoms with E-state index < -0.39 is 15.1 Å². The third-order valence-electron chi connectivity index (χ3n) is 3.85. The Kier molecular flexibility index (Phi) is 5.37. The van der Waals surface area contributed by atoms with Gasteiger partial charge < -0.3 is 0 Å². The molecule has 1 aromatic heterocycles. The average Bonchev–Trinajstić information content (AvgIpc) is 3.16. The lowest BCUT2D eigenvalue weighted by Gasteiger charge is -2.18. The van der Waals surface area contributed by atoms with Gasteiger partial charge in [-0.15, -0.1) is 11.3 Å². The Bertz CT molecular complexity index is 948. The number of carbonyl (C=O) groups is 1. The van der Waals surface area contributed by atoms with Crippen molar-refractivity contribution in [3.63, 3.8) is 0 Å². The third-order valence-corrected chi connectivity index (χ3v) is 7.13. The van der Waals surface area contributed by atoms with Crippen LogP contribution in [0, 0.1) is 0 Å². The molecule has 2 aromatic carbocycles. The number of benzene rings is 2. The summed E-state index contributed by atoms with van der Waals surface area (Å²) in [6.07, 6.45) is -0.112. The first-order valence-corrected chi connectivity index (χ1v) is 10.4. The summed E-state index contributed by atoms with van der Waals surface area (Å²) in [4.78, 5) is 13.3. The molecular weight excluding hydrogens is 376 g/mol. The molecule has 1 heterocycles. The fourth-order valence-electron chi connectivity index (χ4n) is 2.56. The van der Waals surface area contributed by atoms with Gasteiger partial charge in [0, 0.05) is 11.4 Å². The van der Waals surface area contributed by atoms with Crippen LogP contribution < -0.4 is 0 Å². The monoisotopic (exact) mass is 390 g/mol. The van der Waals surface area contributed by atoms with Crippen molar-refractivity contribution in [2.75, 3.05) is 0 Å². The van der Waals surface area contributed by atoms with E-state index in [2.05, 4.69) is 0 Å². The maximum atomic E-state index is 13.1. The molecule has 3 aromatic rings. The van der Waals surface area contributed by atoms with Crippen molar-refractivity contribution < 1.29 is 13.2 Å². The fourth-order valence-corrected chi connectivity index (χ4v) is 5.12. The van der Waals surface area contributed by atoms with Gasteiger partial charge >= 0.3 is 0 Å². The minimum Gasteiger partial charge on any atom is -0.293 e. The van der Waals surface area contributed by atoms with Crippen molar-refractivity contribution in [2.45, 2.75) is 16.6 Å². The number of Topliss-reactive ketones (excluding diaryl/α,β-unsaturated/α-hetero) is 1. The quantitative estimate of drug-likeness (QED) is 0.544. The maximum Gasteiger partial charge on any atom is 0.185 e. The Morgan fingerprint density at radius 3 is 2.24 bits per heavy atom. The van der Waals surface area contributed by atoms with Crippen molar-refractivity contribution in [3.05, 3.63) is 87.6 Å². The first-order valence-electron chi connectivity index (χ1n) is 7.59. The molecule has 0 aliphatic heterocycles. The van der Waals surface area contributed by atoms with Gasteiger partial charge in [-0.3, -0.25) is 4.79 Å². The van der Waals surface area contributed by atoms with Crippen LogP contribution in [-0.2, 0) is 9.84 Å². The lowest BCUT2D eigenvalue weighted by atomic mass is 10.1. The van der Waals surface area contributed by atoms with E-state index in [0.29, 0.717) is 15.5 Å². The normalized spacial score (nSPS) is 12.7. The zero-order valence-electron chi connectivity index (χ0n) is 13.1. The molecule has 128 valence electrons. The molecular formula is C19H15ClO3S2. The summed E-state index contributed by atoms with van der Waals surface area (Å²) in [6, 6.07) is 18.3. The van der Waals surface area contributed by atoms with E-state index in [1.807, 2.05) is 0 Å². The van der Waals surface area contributed by atoms with Gasteiger partial charge in [-0.05, 0) is 41.3 Å². The average molecular weight is 391 g/mol. The van der Waals surface area contributed by atoms with E-state index in [1.165, 1.54) is 11.3 Å². The Hall–Kier alpha value is -1.95. The van der Waals surface area contributed by atoms with E-state index >= 15 is 0 Å². The summed E-state index contributed by atoms with van der Waals surface area (Å²) < 4.78 is 26.3. The number of thiophene rings is 1. The Morgan fingerprint density at radius 1 is 0.960 bits per heavy atom. The van der Waals surface area contributed by atoms with Crippen LogP contribution in [0.3, 0.4) is 0 Å². The van der Waals surface area contributed by atoms with Crippen molar-refractivity contribution in [1.29, 1.82) is 0 Å². The van der Waals surface area contributed by atoms with Gasteiger partial charge in [-0.2, -0.15) is 0 Å². The largest absolute Gasteiger partial charge is 0.293 e. The first-order chi connectivity index (χ1) is 12.0.